The maximum Gasteiger partial charge on any atom is 0.354 e. The number of rotatable bonds is 5. The summed E-state index contributed by atoms with van der Waals surface area (Å²) in [4.78, 5) is 11.5. The summed E-state index contributed by atoms with van der Waals surface area (Å²) < 4.78 is 15.8. The smallest absolute Gasteiger partial charge is 0.354 e. The van der Waals surface area contributed by atoms with Gasteiger partial charge in [0.25, 0.3) is 0 Å². The minimum absolute atomic E-state index is 0.0148. The Morgan fingerprint density at radius 1 is 1.37 bits per heavy atom. The van der Waals surface area contributed by atoms with Crippen molar-refractivity contribution in [2.75, 3.05) is 19.8 Å². The van der Waals surface area contributed by atoms with E-state index in [1.165, 1.54) is 6.07 Å². The predicted octanol–water partition coefficient (Wildman–Crippen LogP) is 2.08. The second kappa shape index (κ2) is 6.03. The van der Waals surface area contributed by atoms with Gasteiger partial charge in [-0.1, -0.05) is 12.1 Å². The van der Waals surface area contributed by atoms with Crippen molar-refractivity contribution >= 4 is 11.0 Å². The molecular formula is C14H13NO4. The fourth-order valence-corrected chi connectivity index (χ4v) is 1.66. The van der Waals surface area contributed by atoms with Crippen LogP contribution in [0.4, 0.5) is 0 Å². The van der Waals surface area contributed by atoms with E-state index in [0.717, 1.165) is 0 Å². The third kappa shape index (κ3) is 2.92. The van der Waals surface area contributed by atoms with Gasteiger partial charge in [0.15, 0.2) is 11.3 Å². The molecule has 0 bridgehead atoms. The molecule has 1 heterocycles. The molecule has 0 saturated heterocycles. The summed E-state index contributed by atoms with van der Waals surface area (Å²) in [5.74, 6) is 0.471. The van der Waals surface area contributed by atoms with Crippen molar-refractivity contribution in [2.45, 2.75) is 6.92 Å². The molecule has 0 aliphatic carbocycles. The Bertz CT molecular complexity index is 669. The summed E-state index contributed by atoms with van der Waals surface area (Å²) in [5.41, 5.74) is -0.321. The van der Waals surface area contributed by atoms with E-state index >= 15 is 0 Å². The van der Waals surface area contributed by atoms with Crippen LogP contribution in [0.2, 0.25) is 0 Å². The van der Waals surface area contributed by atoms with Gasteiger partial charge in [0.1, 0.15) is 18.2 Å². The number of hydrogen-bond acceptors (Lipinski definition) is 5. The summed E-state index contributed by atoms with van der Waals surface area (Å²) in [6, 6.07) is 8.54. The molecule has 1 aromatic heterocycles. The van der Waals surface area contributed by atoms with E-state index in [2.05, 4.69) is 0 Å². The highest BCUT2D eigenvalue weighted by Crippen LogP contribution is 2.24. The lowest BCUT2D eigenvalue weighted by Gasteiger charge is -2.08. The van der Waals surface area contributed by atoms with Crippen LogP contribution in [0, 0.1) is 11.3 Å². The van der Waals surface area contributed by atoms with Gasteiger partial charge in [-0.15, -0.1) is 0 Å². The van der Waals surface area contributed by atoms with Crippen molar-refractivity contribution < 1.29 is 13.9 Å². The fourth-order valence-electron chi connectivity index (χ4n) is 1.66. The summed E-state index contributed by atoms with van der Waals surface area (Å²) >= 11 is 0. The van der Waals surface area contributed by atoms with Crippen molar-refractivity contribution in [3.8, 4) is 11.8 Å². The minimum Gasteiger partial charge on any atom is -0.487 e. The first-order valence-electron chi connectivity index (χ1n) is 5.93. The molecule has 0 spiro atoms. The van der Waals surface area contributed by atoms with Gasteiger partial charge in [-0.3, -0.25) is 0 Å². The van der Waals surface area contributed by atoms with Crippen LogP contribution in [0.1, 0.15) is 12.5 Å². The highest BCUT2D eigenvalue weighted by molar-refractivity contribution is 5.83. The van der Waals surface area contributed by atoms with Gasteiger partial charge in [-0.05, 0) is 19.1 Å². The molecule has 98 valence electrons. The topological polar surface area (TPSA) is 72.5 Å². The monoisotopic (exact) mass is 259 g/mol. The highest BCUT2D eigenvalue weighted by Gasteiger charge is 2.09. The van der Waals surface area contributed by atoms with Gasteiger partial charge in [0, 0.05) is 12.0 Å². The van der Waals surface area contributed by atoms with Crippen molar-refractivity contribution in [1.29, 1.82) is 5.26 Å². The zero-order chi connectivity index (χ0) is 13.7. The van der Waals surface area contributed by atoms with Gasteiger partial charge in [-0.2, -0.15) is 5.26 Å². The molecule has 0 aliphatic heterocycles. The first kappa shape index (κ1) is 13.1. The molecule has 5 heteroatoms. The lowest BCUT2D eigenvalue weighted by Crippen LogP contribution is -2.08. The fraction of sp³-hybridized carbons (Fsp3) is 0.286. The summed E-state index contributed by atoms with van der Waals surface area (Å²) in [5, 5.41) is 9.45. The number of nitriles is 1. The lowest BCUT2D eigenvalue weighted by atomic mass is 10.2. The molecule has 1 aromatic carbocycles. The average molecular weight is 259 g/mol. The second-order valence-electron chi connectivity index (χ2n) is 3.78. The van der Waals surface area contributed by atoms with E-state index in [9.17, 15) is 4.79 Å². The van der Waals surface area contributed by atoms with Crippen LogP contribution < -0.4 is 10.4 Å². The minimum atomic E-state index is -0.657. The number of nitrogens with zero attached hydrogens (tertiary/aromatic N) is 1. The van der Waals surface area contributed by atoms with Gasteiger partial charge in [-0.25, -0.2) is 4.79 Å². The zero-order valence-corrected chi connectivity index (χ0v) is 10.5. The van der Waals surface area contributed by atoms with Gasteiger partial charge >= 0.3 is 5.63 Å². The van der Waals surface area contributed by atoms with Crippen LogP contribution in [0.5, 0.6) is 5.75 Å². The average Bonchev–Trinajstić information content (AvgIpc) is 2.43. The molecule has 0 saturated carbocycles. The van der Waals surface area contributed by atoms with Gasteiger partial charge in [0.2, 0.25) is 0 Å². The van der Waals surface area contributed by atoms with Crippen LogP contribution in [0.3, 0.4) is 0 Å². The van der Waals surface area contributed by atoms with E-state index in [1.807, 2.05) is 6.92 Å². The van der Waals surface area contributed by atoms with Crippen LogP contribution in [-0.2, 0) is 4.74 Å². The maximum atomic E-state index is 11.5. The number of fused-ring (bicyclic) bond motifs is 1. The van der Waals surface area contributed by atoms with Crippen molar-refractivity contribution in [3.05, 3.63) is 40.2 Å². The highest BCUT2D eigenvalue weighted by atomic mass is 16.5. The predicted molar refractivity (Wildman–Crippen MR) is 69.2 cm³/mol. The molecular weight excluding hydrogens is 246 g/mol. The summed E-state index contributed by atoms with van der Waals surface area (Å²) in [7, 11) is 0. The largest absolute Gasteiger partial charge is 0.487 e. The molecule has 0 amide bonds. The Morgan fingerprint density at radius 3 is 2.95 bits per heavy atom. The third-order valence-corrected chi connectivity index (χ3v) is 2.53. The first-order chi connectivity index (χ1) is 9.26. The number of hydrogen-bond donors (Lipinski definition) is 0. The van der Waals surface area contributed by atoms with Crippen LogP contribution in [0.15, 0.2) is 33.5 Å². The third-order valence-electron chi connectivity index (χ3n) is 2.53. The molecule has 2 aromatic rings. The Kier molecular flexibility index (Phi) is 4.16. The van der Waals surface area contributed by atoms with Crippen molar-refractivity contribution in [2.24, 2.45) is 0 Å². The van der Waals surface area contributed by atoms with E-state index < -0.39 is 5.63 Å². The summed E-state index contributed by atoms with van der Waals surface area (Å²) in [6.07, 6.45) is 0. The maximum absolute atomic E-state index is 11.5. The lowest BCUT2D eigenvalue weighted by molar-refractivity contribution is 0.110. The normalized spacial score (nSPS) is 10.3. The molecule has 0 N–H and O–H groups in total. The van der Waals surface area contributed by atoms with E-state index in [1.54, 1.807) is 24.3 Å². The zero-order valence-electron chi connectivity index (χ0n) is 10.5. The molecule has 0 aliphatic rings. The van der Waals surface area contributed by atoms with Gasteiger partial charge < -0.3 is 13.9 Å². The van der Waals surface area contributed by atoms with Crippen LogP contribution >= 0.6 is 0 Å². The number of benzene rings is 1. The Hall–Kier alpha value is -2.32. The summed E-state index contributed by atoms with van der Waals surface area (Å²) in [6.45, 7) is 3.37. The van der Waals surface area contributed by atoms with Crippen molar-refractivity contribution in [3.63, 3.8) is 0 Å². The van der Waals surface area contributed by atoms with E-state index in [4.69, 9.17) is 19.2 Å². The Morgan fingerprint density at radius 2 is 2.21 bits per heavy atom. The van der Waals surface area contributed by atoms with Gasteiger partial charge in [0.05, 0.1) is 6.61 Å². The SMILES string of the molecule is CCOCCOc1cccc2cc(C#N)c(=O)oc12. The first-order valence-corrected chi connectivity index (χ1v) is 5.93. The molecule has 5 nitrogen and oxygen atoms in total. The quantitative estimate of drug-likeness (QED) is 0.607. The molecule has 19 heavy (non-hydrogen) atoms. The molecule has 0 atom stereocenters. The number of para-hydroxylation sites is 1. The molecule has 0 radical (unpaired) electrons. The molecule has 0 fully saturated rings. The standard InChI is InChI=1S/C14H13NO4/c1-2-17-6-7-18-12-5-3-4-10-8-11(9-15)14(16)19-13(10)12/h3-5,8H,2,6-7H2,1H3. The van der Waals surface area contributed by atoms with Crippen LogP contribution in [-0.4, -0.2) is 19.8 Å². The van der Waals surface area contributed by atoms with E-state index in [0.29, 0.717) is 36.5 Å². The molecule has 2 rings (SSSR count). The Balaban J connectivity index is 2.32. The van der Waals surface area contributed by atoms with Crippen LogP contribution in [0.25, 0.3) is 11.0 Å². The second-order valence-corrected chi connectivity index (χ2v) is 3.78. The number of ether oxygens (including phenoxy) is 2. The molecule has 0 unspecified atom stereocenters. The Labute approximate surface area is 110 Å². The van der Waals surface area contributed by atoms with Crippen molar-refractivity contribution in [1.82, 2.24) is 0 Å². The van der Waals surface area contributed by atoms with E-state index in [-0.39, 0.29) is 5.56 Å².